The molecule has 0 amide bonds. The van der Waals surface area contributed by atoms with Crippen LogP contribution in [0.1, 0.15) is 22.6 Å². The molecule has 1 aliphatic rings. The molecule has 2 atom stereocenters. The van der Waals surface area contributed by atoms with Crippen LogP contribution in [0.25, 0.3) is 0 Å². The van der Waals surface area contributed by atoms with E-state index in [1.165, 1.54) is 23.3 Å². The maximum Gasteiger partial charge on any atom is 0.126 e. The molecule has 98 valence electrons. The number of fused-ring (bicyclic) bond motifs is 1. The maximum atomic E-state index is 13.1. The van der Waals surface area contributed by atoms with Crippen molar-refractivity contribution in [2.45, 2.75) is 24.8 Å². The summed E-state index contributed by atoms with van der Waals surface area (Å²) in [5, 5.41) is 0. The number of hydrogen-bond acceptors (Lipinski definition) is 1. The van der Waals surface area contributed by atoms with Gasteiger partial charge < -0.3 is 5.73 Å². The van der Waals surface area contributed by atoms with Gasteiger partial charge in [-0.15, -0.1) is 0 Å². The first-order valence-electron chi connectivity index (χ1n) is 6.42. The van der Waals surface area contributed by atoms with Gasteiger partial charge in [0.1, 0.15) is 11.6 Å². The lowest BCUT2D eigenvalue weighted by Crippen LogP contribution is -2.37. The summed E-state index contributed by atoms with van der Waals surface area (Å²) in [7, 11) is 0. The highest BCUT2D eigenvalue weighted by atomic mass is 19.1. The average molecular weight is 259 g/mol. The zero-order chi connectivity index (χ0) is 13.4. The van der Waals surface area contributed by atoms with E-state index in [9.17, 15) is 8.78 Å². The molecule has 0 aromatic heterocycles. The minimum atomic E-state index is -0.545. The van der Waals surface area contributed by atoms with Crippen LogP contribution in [-0.4, -0.2) is 6.04 Å². The van der Waals surface area contributed by atoms with E-state index in [1.54, 1.807) is 0 Å². The minimum absolute atomic E-state index is 0.101. The Kier molecular flexibility index (Phi) is 3.07. The van der Waals surface area contributed by atoms with Gasteiger partial charge in [-0.3, -0.25) is 0 Å². The third-order valence-electron chi connectivity index (χ3n) is 3.80. The molecule has 1 nitrogen and oxygen atoms in total. The Labute approximate surface area is 111 Å². The molecule has 0 fully saturated rings. The van der Waals surface area contributed by atoms with Crippen molar-refractivity contribution >= 4 is 0 Å². The zero-order valence-electron chi connectivity index (χ0n) is 10.4. The van der Waals surface area contributed by atoms with E-state index in [1.807, 2.05) is 12.1 Å². The van der Waals surface area contributed by atoms with E-state index in [0.717, 1.165) is 12.5 Å². The number of nitrogens with two attached hydrogens (primary N) is 1. The van der Waals surface area contributed by atoms with Crippen molar-refractivity contribution < 1.29 is 8.78 Å². The van der Waals surface area contributed by atoms with Gasteiger partial charge in [-0.05, 0) is 41.7 Å². The van der Waals surface area contributed by atoms with Crippen molar-refractivity contribution in [1.82, 2.24) is 0 Å². The van der Waals surface area contributed by atoms with E-state index in [2.05, 4.69) is 12.1 Å². The molecular formula is C16H15F2N. The predicted molar refractivity (Wildman–Crippen MR) is 70.9 cm³/mol. The molecule has 2 aromatic rings. The molecule has 19 heavy (non-hydrogen) atoms. The predicted octanol–water partition coefficient (Wildman–Crippen LogP) is 3.17. The molecule has 0 aliphatic heterocycles. The highest BCUT2D eigenvalue weighted by molar-refractivity contribution is 5.41. The molecule has 2 unspecified atom stereocenters. The van der Waals surface area contributed by atoms with Gasteiger partial charge in [-0.2, -0.15) is 0 Å². The Morgan fingerprint density at radius 1 is 1.11 bits per heavy atom. The second-order valence-corrected chi connectivity index (χ2v) is 5.16. The fourth-order valence-electron chi connectivity index (χ4n) is 2.82. The fraction of sp³-hybridized carbons (Fsp3) is 0.250. The standard InChI is InChI=1S/C16H15F2N/c17-12-5-10(6-13(18)9-12)7-16(19)15-8-11-3-1-2-4-14(11)15/h1-6,9,15-16H,7-8,19H2. The number of rotatable bonds is 3. The maximum absolute atomic E-state index is 13.1. The molecule has 0 spiro atoms. The van der Waals surface area contributed by atoms with Crippen molar-refractivity contribution in [1.29, 1.82) is 0 Å². The summed E-state index contributed by atoms with van der Waals surface area (Å²) >= 11 is 0. The molecule has 0 saturated heterocycles. The van der Waals surface area contributed by atoms with Gasteiger partial charge in [0.2, 0.25) is 0 Å². The Bertz CT molecular complexity index is 589. The van der Waals surface area contributed by atoms with Crippen LogP contribution in [-0.2, 0) is 12.8 Å². The molecule has 3 rings (SSSR count). The number of hydrogen-bond donors (Lipinski definition) is 1. The first-order chi connectivity index (χ1) is 9.13. The summed E-state index contributed by atoms with van der Waals surface area (Å²) in [5.41, 5.74) is 9.40. The summed E-state index contributed by atoms with van der Waals surface area (Å²) in [4.78, 5) is 0. The van der Waals surface area contributed by atoms with Crippen LogP contribution >= 0.6 is 0 Å². The second-order valence-electron chi connectivity index (χ2n) is 5.16. The summed E-state index contributed by atoms with van der Waals surface area (Å²) < 4.78 is 26.3. The zero-order valence-corrected chi connectivity index (χ0v) is 10.4. The topological polar surface area (TPSA) is 26.0 Å². The molecule has 0 radical (unpaired) electrons. The number of halogens is 2. The van der Waals surface area contributed by atoms with Crippen LogP contribution in [0.3, 0.4) is 0 Å². The van der Waals surface area contributed by atoms with Gasteiger partial charge >= 0.3 is 0 Å². The molecule has 0 bridgehead atoms. The highest BCUT2D eigenvalue weighted by Crippen LogP contribution is 2.37. The number of benzene rings is 2. The Hall–Kier alpha value is -1.74. The molecule has 0 saturated carbocycles. The monoisotopic (exact) mass is 259 g/mol. The summed E-state index contributed by atoms with van der Waals surface area (Å²) in [5.74, 6) is -0.796. The second kappa shape index (κ2) is 4.74. The summed E-state index contributed by atoms with van der Waals surface area (Å²) in [6.45, 7) is 0. The van der Waals surface area contributed by atoms with E-state index in [0.29, 0.717) is 17.9 Å². The molecule has 0 heterocycles. The van der Waals surface area contributed by atoms with Crippen LogP contribution in [0.4, 0.5) is 8.78 Å². The molecule has 2 aromatic carbocycles. The van der Waals surface area contributed by atoms with Gasteiger partial charge in [0.05, 0.1) is 0 Å². The van der Waals surface area contributed by atoms with E-state index in [4.69, 9.17) is 5.73 Å². The smallest absolute Gasteiger partial charge is 0.126 e. The quantitative estimate of drug-likeness (QED) is 0.900. The third-order valence-corrected chi connectivity index (χ3v) is 3.80. The minimum Gasteiger partial charge on any atom is -0.327 e. The first kappa shape index (κ1) is 12.3. The lowest BCUT2D eigenvalue weighted by atomic mass is 9.72. The molecular weight excluding hydrogens is 244 g/mol. The van der Waals surface area contributed by atoms with Gasteiger partial charge in [-0.25, -0.2) is 8.78 Å². The van der Waals surface area contributed by atoms with Crippen LogP contribution in [0, 0.1) is 11.6 Å². The largest absolute Gasteiger partial charge is 0.327 e. The Morgan fingerprint density at radius 3 is 2.47 bits per heavy atom. The van der Waals surface area contributed by atoms with Crippen LogP contribution in [0.2, 0.25) is 0 Å². The van der Waals surface area contributed by atoms with Crippen LogP contribution in [0.15, 0.2) is 42.5 Å². The summed E-state index contributed by atoms with van der Waals surface area (Å²) in [6.07, 6.45) is 1.45. The highest BCUT2D eigenvalue weighted by Gasteiger charge is 2.30. The Morgan fingerprint density at radius 2 is 1.79 bits per heavy atom. The van der Waals surface area contributed by atoms with Gasteiger partial charge in [0.15, 0.2) is 0 Å². The first-order valence-corrected chi connectivity index (χ1v) is 6.42. The van der Waals surface area contributed by atoms with Crippen molar-refractivity contribution in [3.63, 3.8) is 0 Å². The van der Waals surface area contributed by atoms with Crippen molar-refractivity contribution in [2.75, 3.05) is 0 Å². The van der Waals surface area contributed by atoms with Crippen molar-refractivity contribution in [3.05, 3.63) is 70.8 Å². The van der Waals surface area contributed by atoms with E-state index in [-0.39, 0.29) is 6.04 Å². The van der Waals surface area contributed by atoms with Crippen LogP contribution in [0.5, 0.6) is 0 Å². The van der Waals surface area contributed by atoms with Gasteiger partial charge in [-0.1, -0.05) is 24.3 Å². The van der Waals surface area contributed by atoms with Crippen LogP contribution < -0.4 is 5.73 Å². The Balaban J connectivity index is 1.75. The van der Waals surface area contributed by atoms with Crippen molar-refractivity contribution in [3.8, 4) is 0 Å². The lowest BCUT2D eigenvalue weighted by molar-refractivity contribution is 0.478. The van der Waals surface area contributed by atoms with Crippen molar-refractivity contribution in [2.24, 2.45) is 5.73 Å². The van der Waals surface area contributed by atoms with E-state index >= 15 is 0 Å². The fourth-order valence-corrected chi connectivity index (χ4v) is 2.82. The van der Waals surface area contributed by atoms with Gasteiger partial charge in [0, 0.05) is 18.0 Å². The normalized spacial score (nSPS) is 18.6. The average Bonchev–Trinajstić information content (AvgIpc) is 2.29. The van der Waals surface area contributed by atoms with Gasteiger partial charge in [0.25, 0.3) is 0 Å². The van der Waals surface area contributed by atoms with E-state index < -0.39 is 11.6 Å². The molecule has 2 N–H and O–H groups in total. The molecule has 1 aliphatic carbocycles. The summed E-state index contributed by atoms with van der Waals surface area (Å²) in [6, 6.07) is 11.7. The third kappa shape index (κ3) is 2.38. The SMILES string of the molecule is NC(Cc1cc(F)cc(F)c1)C1Cc2ccccc21. The molecule has 3 heteroatoms. The lowest BCUT2D eigenvalue weighted by Gasteiger charge is -2.34.